The molecule has 5 heteroatoms. The maximum absolute atomic E-state index is 11.8. The molecule has 1 amide bonds. The summed E-state index contributed by atoms with van der Waals surface area (Å²) in [6.07, 6.45) is 3.19. The molecule has 1 rings (SSSR count). The first-order chi connectivity index (χ1) is 7.04. The Labute approximate surface area is 88.9 Å². The zero-order valence-corrected chi connectivity index (χ0v) is 9.14. The van der Waals surface area contributed by atoms with Gasteiger partial charge in [-0.3, -0.25) is 9.48 Å². The van der Waals surface area contributed by atoms with E-state index in [0.29, 0.717) is 12.1 Å². The predicted octanol–water partition coefficient (Wildman–Crippen LogP) is 0.652. The van der Waals surface area contributed by atoms with Gasteiger partial charge in [0.05, 0.1) is 23.7 Å². The molecule has 0 spiro atoms. The minimum atomic E-state index is -0.157. The van der Waals surface area contributed by atoms with Gasteiger partial charge in [-0.25, -0.2) is 0 Å². The lowest BCUT2D eigenvalue weighted by Crippen LogP contribution is -2.30. The molecule has 1 aromatic heterocycles. The molecular weight excluding hydrogens is 192 g/mol. The first kappa shape index (κ1) is 11.2. The fraction of sp³-hybridized carbons (Fsp3) is 0.500. The maximum Gasteiger partial charge on any atom is 0.256 e. The van der Waals surface area contributed by atoms with Gasteiger partial charge in [0.1, 0.15) is 0 Å². The van der Waals surface area contributed by atoms with E-state index in [9.17, 15) is 4.79 Å². The van der Waals surface area contributed by atoms with Crippen molar-refractivity contribution in [2.75, 3.05) is 13.6 Å². The van der Waals surface area contributed by atoms with Crippen LogP contribution in [0.1, 0.15) is 17.3 Å². The first-order valence-electron chi connectivity index (χ1n) is 4.68. The van der Waals surface area contributed by atoms with E-state index in [-0.39, 0.29) is 11.8 Å². The van der Waals surface area contributed by atoms with Crippen LogP contribution in [0, 0.1) is 17.2 Å². The molecule has 0 bridgehead atoms. The topological polar surface area (TPSA) is 61.9 Å². The molecule has 1 atom stereocenters. The molecule has 5 nitrogen and oxygen atoms in total. The Morgan fingerprint density at radius 3 is 2.93 bits per heavy atom. The number of nitrogens with zero attached hydrogens (tertiary/aromatic N) is 4. The number of carbonyl (C=O) groups is 1. The van der Waals surface area contributed by atoms with Crippen LogP contribution in [-0.2, 0) is 7.05 Å². The van der Waals surface area contributed by atoms with Crippen molar-refractivity contribution in [3.05, 3.63) is 18.0 Å². The van der Waals surface area contributed by atoms with Gasteiger partial charge in [0.2, 0.25) is 0 Å². The fourth-order valence-electron chi connectivity index (χ4n) is 1.29. The Hall–Kier alpha value is -1.83. The van der Waals surface area contributed by atoms with Crippen molar-refractivity contribution < 1.29 is 4.79 Å². The SMILES string of the molecule is C[C@H](C#N)CN(C)C(=O)c1cnn(C)c1. The number of carbonyl (C=O) groups excluding carboxylic acids is 1. The summed E-state index contributed by atoms with van der Waals surface area (Å²) in [5.41, 5.74) is 0.546. The van der Waals surface area contributed by atoms with Crippen LogP contribution in [0.25, 0.3) is 0 Å². The normalized spacial score (nSPS) is 11.9. The standard InChI is InChI=1S/C10H14N4O/c1-8(4-11)6-13(2)10(15)9-5-12-14(3)7-9/h5,7-8H,6H2,1-3H3/t8-/m1/s1. The van der Waals surface area contributed by atoms with Crippen LogP contribution >= 0.6 is 0 Å². The maximum atomic E-state index is 11.8. The molecule has 0 aliphatic rings. The second-order valence-corrected chi connectivity index (χ2v) is 3.62. The second-order valence-electron chi connectivity index (χ2n) is 3.62. The second kappa shape index (κ2) is 4.60. The molecule has 80 valence electrons. The van der Waals surface area contributed by atoms with Gasteiger partial charge in [0, 0.05) is 26.8 Å². The van der Waals surface area contributed by atoms with Crippen molar-refractivity contribution in [1.82, 2.24) is 14.7 Å². The molecule has 0 saturated carbocycles. The Kier molecular flexibility index (Phi) is 3.45. The van der Waals surface area contributed by atoms with Crippen molar-refractivity contribution in [2.24, 2.45) is 13.0 Å². The van der Waals surface area contributed by atoms with Gasteiger partial charge >= 0.3 is 0 Å². The third-order valence-electron chi connectivity index (χ3n) is 2.07. The summed E-state index contributed by atoms with van der Waals surface area (Å²) in [5.74, 6) is -0.263. The molecule has 0 unspecified atom stereocenters. The van der Waals surface area contributed by atoms with E-state index in [2.05, 4.69) is 11.2 Å². The summed E-state index contributed by atoms with van der Waals surface area (Å²) in [5, 5.41) is 12.6. The van der Waals surface area contributed by atoms with Gasteiger partial charge in [-0.05, 0) is 6.92 Å². The van der Waals surface area contributed by atoms with E-state index in [1.54, 1.807) is 31.9 Å². The van der Waals surface area contributed by atoms with Crippen LogP contribution in [0.5, 0.6) is 0 Å². The van der Waals surface area contributed by atoms with Crippen molar-refractivity contribution >= 4 is 5.91 Å². The molecule has 0 N–H and O–H groups in total. The number of rotatable bonds is 3. The number of amides is 1. The van der Waals surface area contributed by atoms with Crippen LogP contribution in [0.2, 0.25) is 0 Å². The number of nitriles is 1. The molecule has 0 saturated heterocycles. The van der Waals surface area contributed by atoms with Crippen LogP contribution in [0.4, 0.5) is 0 Å². The summed E-state index contributed by atoms with van der Waals surface area (Å²) in [6, 6.07) is 2.09. The van der Waals surface area contributed by atoms with Crippen LogP contribution in [-0.4, -0.2) is 34.2 Å². The zero-order valence-electron chi connectivity index (χ0n) is 9.14. The van der Waals surface area contributed by atoms with Crippen molar-refractivity contribution in [3.8, 4) is 6.07 Å². The Bertz CT molecular complexity index is 390. The molecule has 1 heterocycles. The van der Waals surface area contributed by atoms with Crippen molar-refractivity contribution in [3.63, 3.8) is 0 Å². The third-order valence-corrected chi connectivity index (χ3v) is 2.07. The van der Waals surface area contributed by atoms with Gasteiger partial charge in [-0.1, -0.05) is 0 Å². The van der Waals surface area contributed by atoms with E-state index in [0.717, 1.165) is 0 Å². The lowest BCUT2D eigenvalue weighted by molar-refractivity contribution is 0.0785. The van der Waals surface area contributed by atoms with Crippen LogP contribution in [0.15, 0.2) is 12.4 Å². The molecule has 1 aromatic rings. The van der Waals surface area contributed by atoms with E-state index in [4.69, 9.17) is 5.26 Å². The van der Waals surface area contributed by atoms with E-state index in [1.807, 2.05) is 0 Å². The van der Waals surface area contributed by atoms with Crippen LogP contribution in [0.3, 0.4) is 0 Å². The molecule has 0 fully saturated rings. The number of hydrogen-bond acceptors (Lipinski definition) is 3. The molecular formula is C10H14N4O. The average molecular weight is 206 g/mol. The molecule has 0 aromatic carbocycles. The lowest BCUT2D eigenvalue weighted by Gasteiger charge is -2.16. The Morgan fingerprint density at radius 2 is 2.47 bits per heavy atom. The van der Waals surface area contributed by atoms with Gasteiger partial charge in [0.15, 0.2) is 0 Å². The Morgan fingerprint density at radius 1 is 1.80 bits per heavy atom. The van der Waals surface area contributed by atoms with Gasteiger partial charge in [0.25, 0.3) is 5.91 Å². The molecule has 0 aliphatic heterocycles. The van der Waals surface area contributed by atoms with Gasteiger partial charge < -0.3 is 4.90 Å². The highest BCUT2D eigenvalue weighted by atomic mass is 16.2. The van der Waals surface area contributed by atoms with Gasteiger partial charge in [-0.15, -0.1) is 0 Å². The lowest BCUT2D eigenvalue weighted by atomic mass is 10.2. The molecule has 15 heavy (non-hydrogen) atoms. The fourth-order valence-corrected chi connectivity index (χ4v) is 1.29. The average Bonchev–Trinajstić information content (AvgIpc) is 2.63. The highest BCUT2D eigenvalue weighted by Crippen LogP contribution is 2.04. The largest absolute Gasteiger partial charge is 0.340 e. The van der Waals surface area contributed by atoms with E-state index >= 15 is 0 Å². The predicted molar refractivity (Wildman–Crippen MR) is 54.9 cm³/mol. The number of aryl methyl sites for hydroxylation is 1. The van der Waals surface area contributed by atoms with E-state index < -0.39 is 0 Å². The quantitative estimate of drug-likeness (QED) is 0.729. The minimum absolute atomic E-state index is 0.106. The molecule has 0 radical (unpaired) electrons. The zero-order chi connectivity index (χ0) is 11.4. The highest BCUT2D eigenvalue weighted by molar-refractivity contribution is 5.93. The summed E-state index contributed by atoms with van der Waals surface area (Å²) < 4.78 is 1.58. The monoisotopic (exact) mass is 206 g/mol. The molecule has 0 aliphatic carbocycles. The number of hydrogen-bond donors (Lipinski definition) is 0. The van der Waals surface area contributed by atoms with Crippen molar-refractivity contribution in [1.29, 1.82) is 5.26 Å². The first-order valence-corrected chi connectivity index (χ1v) is 4.68. The summed E-state index contributed by atoms with van der Waals surface area (Å²) in [6.45, 7) is 2.22. The third kappa shape index (κ3) is 2.81. The van der Waals surface area contributed by atoms with E-state index in [1.165, 1.54) is 11.1 Å². The summed E-state index contributed by atoms with van der Waals surface area (Å²) in [4.78, 5) is 13.3. The van der Waals surface area contributed by atoms with Gasteiger partial charge in [-0.2, -0.15) is 10.4 Å². The smallest absolute Gasteiger partial charge is 0.256 e. The highest BCUT2D eigenvalue weighted by Gasteiger charge is 2.15. The summed E-state index contributed by atoms with van der Waals surface area (Å²) in [7, 11) is 3.44. The Balaban J connectivity index is 2.65. The van der Waals surface area contributed by atoms with Crippen molar-refractivity contribution in [2.45, 2.75) is 6.92 Å². The number of aromatic nitrogens is 2. The minimum Gasteiger partial charge on any atom is -0.340 e. The van der Waals surface area contributed by atoms with Crippen LogP contribution < -0.4 is 0 Å². The summed E-state index contributed by atoms with van der Waals surface area (Å²) >= 11 is 0.